The van der Waals surface area contributed by atoms with Crippen molar-refractivity contribution in [2.75, 3.05) is 0 Å². The SMILES string of the molecule is Cc1c(COc2ccc(C=O)cc2F)cccc1-c1cccc(COc2ccc(C=O)cc2F)c1C. The van der Waals surface area contributed by atoms with Crippen LogP contribution in [-0.2, 0) is 13.2 Å². The zero-order chi connectivity index (χ0) is 25.7. The molecule has 0 saturated heterocycles. The van der Waals surface area contributed by atoms with E-state index in [1.165, 1.54) is 24.3 Å². The number of hydrogen-bond acceptors (Lipinski definition) is 4. The topological polar surface area (TPSA) is 52.6 Å². The maximum atomic E-state index is 14.2. The maximum absolute atomic E-state index is 14.2. The van der Waals surface area contributed by atoms with Gasteiger partial charge in [0, 0.05) is 11.1 Å². The largest absolute Gasteiger partial charge is 0.486 e. The zero-order valence-electron chi connectivity index (χ0n) is 19.9. The van der Waals surface area contributed by atoms with Gasteiger partial charge in [-0.25, -0.2) is 8.78 Å². The summed E-state index contributed by atoms with van der Waals surface area (Å²) < 4.78 is 39.8. The van der Waals surface area contributed by atoms with Crippen molar-refractivity contribution in [2.45, 2.75) is 27.1 Å². The fourth-order valence-corrected chi connectivity index (χ4v) is 3.99. The van der Waals surface area contributed by atoms with E-state index < -0.39 is 11.6 Å². The summed E-state index contributed by atoms with van der Waals surface area (Å²) in [6, 6.07) is 19.9. The van der Waals surface area contributed by atoms with Gasteiger partial charge in [-0.05, 0) is 83.6 Å². The Hall–Kier alpha value is -4.32. The molecule has 0 aromatic heterocycles. The standard InChI is InChI=1S/C30H24F2O4/c1-19-23(17-35-29-11-9-21(15-33)13-27(29)31)5-3-7-25(19)26-8-4-6-24(20(26)2)18-36-30-12-10-22(16-34)14-28(30)32/h3-16H,17-18H2,1-2H3. The van der Waals surface area contributed by atoms with Crippen LogP contribution in [0.15, 0.2) is 72.8 Å². The van der Waals surface area contributed by atoms with Gasteiger partial charge in [0.1, 0.15) is 25.8 Å². The second kappa shape index (κ2) is 11.0. The van der Waals surface area contributed by atoms with Crippen LogP contribution < -0.4 is 9.47 Å². The van der Waals surface area contributed by atoms with E-state index in [0.717, 1.165) is 45.5 Å². The van der Waals surface area contributed by atoms with Gasteiger partial charge >= 0.3 is 0 Å². The van der Waals surface area contributed by atoms with Crippen LogP contribution in [0.5, 0.6) is 11.5 Å². The van der Waals surface area contributed by atoms with Crippen molar-refractivity contribution in [1.82, 2.24) is 0 Å². The fourth-order valence-electron chi connectivity index (χ4n) is 3.99. The van der Waals surface area contributed by atoms with Gasteiger partial charge in [-0.3, -0.25) is 9.59 Å². The highest BCUT2D eigenvalue weighted by Gasteiger charge is 2.13. The summed E-state index contributed by atoms with van der Waals surface area (Å²) in [5, 5.41) is 0. The lowest BCUT2D eigenvalue weighted by atomic mass is 9.92. The van der Waals surface area contributed by atoms with E-state index in [9.17, 15) is 18.4 Å². The summed E-state index contributed by atoms with van der Waals surface area (Å²) in [6.07, 6.45) is 1.17. The number of carbonyl (C=O) groups is 2. The molecule has 0 saturated carbocycles. The predicted molar refractivity (Wildman–Crippen MR) is 134 cm³/mol. The molecule has 0 fully saturated rings. The summed E-state index contributed by atoms with van der Waals surface area (Å²) in [6.45, 7) is 4.28. The van der Waals surface area contributed by atoms with Gasteiger partial charge < -0.3 is 9.47 Å². The number of carbonyl (C=O) groups excluding carboxylic acids is 2. The van der Waals surface area contributed by atoms with E-state index in [1.54, 1.807) is 0 Å². The smallest absolute Gasteiger partial charge is 0.165 e. The summed E-state index contributed by atoms with van der Waals surface area (Å²) >= 11 is 0. The molecule has 36 heavy (non-hydrogen) atoms. The van der Waals surface area contributed by atoms with Gasteiger partial charge in [-0.1, -0.05) is 36.4 Å². The summed E-state index contributed by atoms with van der Waals surface area (Å²) in [5.41, 5.74) is 6.24. The van der Waals surface area contributed by atoms with Gasteiger partial charge in [0.25, 0.3) is 0 Å². The molecule has 4 rings (SSSR count). The van der Waals surface area contributed by atoms with Crippen LogP contribution in [0.2, 0.25) is 0 Å². The molecule has 0 aliphatic heterocycles. The molecule has 182 valence electrons. The maximum Gasteiger partial charge on any atom is 0.165 e. The third-order valence-corrected chi connectivity index (χ3v) is 6.13. The number of rotatable bonds is 9. The first-order chi connectivity index (χ1) is 17.4. The molecular weight excluding hydrogens is 462 g/mol. The van der Waals surface area contributed by atoms with E-state index in [1.807, 2.05) is 50.2 Å². The lowest BCUT2D eigenvalue weighted by Gasteiger charge is -2.17. The minimum Gasteiger partial charge on any atom is -0.486 e. The van der Waals surface area contributed by atoms with Gasteiger partial charge in [0.2, 0.25) is 0 Å². The number of ether oxygens (including phenoxy) is 2. The molecule has 0 atom stereocenters. The first kappa shape index (κ1) is 24.8. The average molecular weight is 487 g/mol. The lowest BCUT2D eigenvalue weighted by Crippen LogP contribution is -2.03. The first-order valence-electron chi connectivity index (χ1n) is 11.3. The van der Waals surface area contributed by atoms with Crippen molar-refractivity contribution in [3.8, 4) is 22.6 Å². The number of aldehydes is 2. The number of benzene rings is 4. The van der Waals surface area contributed by atoms with Crippen molar-refractivity contribution in [3.05, 3.63) is 118 Å². The highest BCUT2D eigenvalue weighted by atomic mass is 19.1. The molecule has 0 spiro atoms. The van der Waals surface area contributed by atoms with Crippen LogP contribution >= 0.6 is 0 Å². The second-order valence-corrected chi connectivity index (χ2v) is 8.37. The fraction of sp³-hybridized carbons (Fsp3) is 0.133. The molecule has 0 amide bonds. The highest BCUT2D eigenvalue weighted by Crippen LogP contribution is 2.31. The van der Waals surface area contributed by atoms with E-state index in [4.69, 9.17) is 9.47 Å². The van der Waals surface area contributed by atoms with E-state index in [0.29, 0.717) is 12.6 Å². The Morgan fingerprint density at radius 1 is 0.639 bits per heavy atom. The van der Waals surface area contributed by atoms with Crippen LogP contribution in [0, 0.1) is 25.5 Å². The molecule has 0 N–H and O–H groups in total. The van der Waals surface area contributed by atoms with E-state index >= 15 is 0 Å². The molecule has 4 aromatic carbocycles. The first-order valence-corrected chi connectivity index (χ1v) is 11.3. The zero-order valence-corrected chi connectivity index (χ0v) is 19.9. The van der Waals surface area contributed by atoms with Gasteiger partial charge in [0.15, 0.2) is 23.1 Å². The molecule has 4 nitrogen and oxygen atoms in total. The lowest BCUT2D eigenvalue weighted by molar-refractivity contribution is 0.111. The van der Waals surface area contributed by atoms with Gasteiger partial charge in [-0.15, -0.1) is 0 Å². The molecule has 0 heterocycles. The summed E-state index contributed by atoms with van der Waals surface area (Å²) in [7, 11) is 0. The molecule has 0 unspecified atom stereocenters. The van der Waals surface area contributed by atoms with Gasteiger partial charge in [0.05, 0.1) is 0 Å². The molecule has 4 aromatic rings. The minimum absolute atomic E-state index is 0.0779. The average Bonchev–Trinajstić information content (AvgIpc) is 2.88. The quantitative estimate of drug-likeness (QED) is 0.238. The number of halogens is 2. The van der Waals surface area contributed by atoms with Crippen molar-refractivity contribution in [3.63, 3.8) is 0 Å². The molecule has 0 bridgehead atoms. The predicted octanol–water partition coefficient (Wildman–Crippen LogP) is 7.03. The Morgan fingerprint density at radius 2 is 1.06 bits per heavy atom. The highest BCUT2D eigenvalue weighted by molar-refractivity contribution is 5.75. The van der Waals surface area contributed by atoms with Crippen LogP contribution in [0.1, 0.15) is 43.0 Å². The van der Waals surface area contributed by atoms with Crippen LogP contribution in [0.25, 0.3) is 11.1 Å². The monoisotopic (exact) mass is 486 g/mol. The Kier molecular flexibility index (Phi) is 7.54. The Bertz CT molecular complexity index is 1320. The van der Waals surface area contributed by atoms with Crippen molar-refractivity contribution in [2.24, 2.45) is 0 Å². The molecular formula is C30H24F2O4. The van der Waals surface area contributed by atoms with Crippen molar-refractivity contribution < 1.29 is 27.8 Å². The Balaban J connectivity index is 1.54. The normalized spacial score (nSPS) is 10.7. The third-order valence-electron chi connectivity index (χ3n) is 6.13. The molecule has 0 radical (unpaired) electrons. The van der Waals surface area contributed by atoms with Gasteiger partial charge in [-0.2, -0.15) is 0 Å². The molecule has 6 heteroatoms. The summed E-state index contributed by atoms with van der Waals surface area (Å²) in [5.74, 6) is -1.02. The molecule has 0 aliphatic rings. The van der Waals surface area contributed by atoms with E-state index in [-0.39, 0.29) is 35.8 Å². The van der Waals surface area contributed by atoms with Crippen LogP contribution in [0.3, 0.4) is 0 Å². The van der Waals surface area contributed by atoms with Crippen molar-refractivity contribution >= 4 is 12.6 Å². The van der Waals surface area contributed by atoms with Crippen molar-refractivity contribution in [1.29, 1.82) is 0 Å². The van der Waals surface area contributed by atoms with Crippen LogP contribution in [0.4, 0.5) is 8.78 Å². The van der Waals surface area contributed by atoms with Crippen LogP contribution in [-0.4, -0.2) is 12.6 Å². The second-order valence-electron chi connectivity index (χ2n) is 8.37. The minimum atomic E-state index is -0.589. The number of hydrogen-bond donors (Lipinski definition) is 0. The summed E-state index contributed by atoms with van der Waals surface area (Å²) in [4.78, 5) is 21.7. The van der Waals surface area contributed by atoms with E-state index in [2.05, 4.69) is 0 Å². The third kappa shape index (κ3) is 5.33. The Labute approximate surface area is 208 Å². The Morgan fingerprint density at radius 3 is 1.42 bits per heavy atom. The molecule has 0 aliphatic carbocycles.